The summed E-state index contributed by atoms with van der Waals surface area (Å²) in [4.78, 5) is 12.3. The van der Waals surface area contributed by atoms with Crippen LogP contribution in [0, 0.1) is 52.9 Å². The second-order valence-electron chi connectivity index (χ2n) is 13.8. The van der Waals surface area contributed by atoms with Gasteiger partial charge in [0.05, 0.1) is 0 Å². The number of fused-ring (bicyclic) bond motifs is 5. The summed E-state index contributed by atoms with van der Waals surface area (Å²) in [7, 11) is 0. The minimum absolute atomic E-state index is 0.118. The van der Waals surface area contributed by atoms with Crippen LogP contribution in [0.2, 0.25) is 0 Å². The molecule has 4 aliphatic rings. The van der Waals surface area contributed by atoms with Crippen molar-refractivity contribution in [3.05, 3.63) is 12.2 Å². The van der Waals surface area contributed by atoms with Gasteiger partial charge in [-0.1, -0.05) is 109 Å². The third kappa shape index (κ3) is 7.92. The molecule has 2 heteroatoms. The van der Waals surface area contributed by atoms with Crippen molar-refractivity contribution in [2.75, 3.05) is 0 Å². The highest BCUT2D eigenvalue weighted by atomic mass is 16.5. The Hall–Kier alpha value is -1.23. The average Bonchev–Trinajstić information content (AvgIpc) is 3.27. The Kier molecular flexibility index (Phi) is 12.2. The molecule has 0 spiro atoms. The van der Waals surface area contributed by atoms with Crippen molar-refractivity contribution >= 4 is 5.97 Å². The molecule has 3 fully saturated rings. The van der Waals surface area contributed by atoms with Crippen molar-refractivity contribution in [2.45, 2.75) is 155 Å². The first-order valence-corrected chi connectivity index (χ1v) is 17.0. The van der Waals surface area contributed by atoms with Crippen molar-refractivity contribution in [1.29, 1.82) is 0 Å². The summed E-state index contributed by atoms with van der Waals surface area (Å²) >= 11 is 0. The van der Waals surface area contributed by atoms with Gasteiger partial charge in [0.1, 0.15) is 6.11 Å². The normalized spacial score (nSPS) is 33.5. The predicted octanol–water partition coefficient (Wildman–Crippen LogP) is 10.4. The zero-order valence-corrected chi connectivity index (χ0v) is 25.0. The summed E-state index contributed by atoms with van der Waals surface area (Å²) in [5.41, 5.74) is 0.326. The van der Waals surface area contributed by atoms with E-state index in [-0.39, 0.29) is 5.97 Å². The molecule has 0 radical (unpaired) electrons. The average molecular weight is 523 g/mol. The number of carbonyl (C=O) groups is 1. The number of hydrogen-bond acceptors (Lipinski definition) is 2. The fourth-order valence-electron chi connectivity index (χ4n) is 9.15. The molecule has 38 heavy (non-hydrogen) atoms. The molecule has 0 aromatic heterocycles. The van der Waals surface area contributed by atoms with E-state index in [0.717, 1.165) is 42.4 Å². The molecule has 0 amide bonds. The first-order valence-electron chi connectivity index (χ1n) is 17.0. The lowest BCUT2D eigenvalue weighted by Gasteiger charge is -2.54. The van der Waals surface area contributed by atoms with Crippen LogP contribution in [0.3, 0.4) is 0 Å². The van der Waals surface area contributed by atoms with Gasteiger partial charge in [-0.05, 0) is 92.8 Å². The van der Waals surface area contributed by atoms with Crippen molar-refractivity contribution < 1.29 is 9.53 Å². The number of unbranched alkanes of at least 4 members (excludes halogenated alkanes) is 12. The van der Waals surface area contributed by atoms with Crippen LogP contribution in [0.4, 0.5) is 0 Å². The van der Waals surface area contributed by atoms with Crippen LogP contribution in [-0.4, -0.2) is 5.97 Å². The maximum atomic E-state index is 12.3. The molecular formula is C36H58O2. The standard InChI is InChI=1S/C36H58O2/c1-3-4-5-6-7-8-9-10-11-12-13-14-15-20-35(37)38-28-26-30-22-24-34-33-23-21-29-18-16-17-19-31(29)32(33)25-27-36(30,34)2/h16-17,29-34H,3-15,18-25,27H2,1-2H3/t29?,30-,31-,32+,33+,34-,36+/m0/s1. The Balaban J connectivity index is 1.07. The van der Waals surface area contributed by atoms with Gasteiger partial charge < -0.3 is 4.74 Å². The maximum absolute atomic E-state index is 12.3. The third-order valence-corrected chi connectivity index (χ3v) is 11.4. The van der Waals surface area contributed by atoms with Crippen LogP contribution in [0.25, 0.3) is 0 Å². The van der Waals surface area contributed by atoms with Gasteiger partial charge >= 0.3 is 5.97 Å². The fourth-order valence-corrected chi connectivity index (χ4v) is 9.15. The van der Waals surface area contributed by atoms with Crippen LogP contribution in [0.5, 0.6) is 0 Å². The van der Waals surface area contributed by atoms with Crippen molar-refractivity contribution in [3.8, 4) is 12.0 Å². The molecule has 0 aromatic carbocycles. The van der Waals surface area contributed by atoms with Crippen LogP contribution >= 0.6 is 0 Å². The quantitative estimate of drug-likeness (QED) is 0.0981. The SMILES string of the molecule is CCCCCCCCCCCCCCCC(=O)OC#C[C@@H]1CC[C@H]2[C@@H]3CCC4CC=CC[C@@H]4[C@H]3CC[C@]12C. The van der Waals surface area contributed by atoms with E-state index in [4.69, 9.17) is 4.74 Å². The second kappa shape index (κ2) is 15.5. The summed E-state index contributed by atoms with van der Waals surface area (Å²) in [5, 5.41) is 0. The van der Waals surface area contributed by atoms with Crippen LogP contribution in [-0.2, 0) is 9.53 Å². The van der Waals surface area contributed by atoms with Gasteiger partial charge in [-0.2, -0.15) is 0 Å². The predicted molar refractivity (Wildman–Crippen MR) is 159 cm³/mol. The van der Waals surface area contributed by atoms with Gasteiger partial charge in [-0.3, -0.25) is 4.79 Å². The molecule has 0 heterocycles. The maximum Gasteiger partial charge on any atom is 0.319 e. The lowest BCUT2D eigenvalue weighted by atomic mass is 9.50. The minimum atomic E-state index is -0.118. The van der Waals surface area contributed by atoms with E-state index in [0.29, 0.717) is 17.8 Å². The number of carbonyl (C=O) groups excluding carboxylic acids is 1. The van der Waals surface area contributed by atoms with Crippen molar-refractivity contribution in [2.24, 2.45) is 40.9 Å². The number of esters is 1. The smallest absolute Gasteiger partial charge is 0.319 e. The highest BCUT2D eigenvalue weighted by Crippen LogP contribution is 2.63. The summed E-state index contributed by atoms with van der Waals surface area (Å²) in [6, 6.07) is 0. The molecule has 0 aliphatic heterocycles. The highest BCUT2D eigenvalue weighted by Gasteiger charge is 2.56. The molecule has 3 saturated carbocycles. The van der Waals surface area contributed by atoms with Crippen molar-refractivity contribution in [1.82, 2.24) is 0 Å². The Labute approximate surface area is 235 Å². The van der Waals surface area contributed by atoms with E-state index in [1.54, 1.807) is 0 Å². The van der Waals surface area contributed by atoms with E-state index in [9.17, 15) is 4.79 Å². The number of hydrogen-bond donors (Lipinski definition) is 0. The minimum Gasteiger partial charge on any atom is -0.372 e. The molecule has 4 aliphatic carbocycles. The Morgan fingerprint density at radius 2 is 1.42 bits per heavy atom. The first-order chi connectivity index (χ1) is 18.6. The largest absolute Gasteiger partial charge is 0.372 e. The summed E-state index contributed by atoms with van der Waals surface area (Å²) < 4.78 is 5.41. The molecule has 2 nitrogen and oxygen atoms in total. The molecular weight excluding hydrogens is 464 g/mol. The van der Waals surface area contributed by atoms with Gasteiger partial charge in [0.2, 0.25) is 0 Å². The molecule has 7 atom stereocenters. The molecule has 0 saturated heterocycles. The van der Waals surface area contributed by atoms with Gasteiger partial charge in [0.15, 0.2) is 0 Å². The fraction of sp³-hybridized carbons (Fsp3) is 0.861. The van der Waals surface area contributed by atoms with Crippen LogP contribution < -0.4 is 0 Å². The molecule has 0 bridgehead atoms. The van der Waals surface area contributed by atoms with Crippen molar-refractivity contribution in [3.63, 3.8) is 0 Å². The molecule has 0 aromatic rings. The first kappa shape index (κ1) is 29.7. The second-order valence-corrected chi connectivity index (χ2v) is 13.8. The lowest BCUT2D eigenvalue weighted by molar-refractivity contribution is -0.137. The molecule has 4 rings (SSSR count). The summed E-state index contributed by atoms with van der Waals surface area (Å²) in [6.45, 7) is 4.80. The number of ether oxygens (including phenoxy) is 1. The van der Waals surface area contributed by atoms with Gasteiger partial charge in [-0.15, -0.1) is 0 Å². The monoisotopic (exact) mass is 522 g/mol. The number of rotatable bonds is 14. The topological polar surface area (TPSA) is 26.3 Å². The Morgan fingerprint density at radius 1 is 0.763 bits per heavy atom. The van der Waals surface area contributed by atoms with Crippen LogP contribution in [0.1, 0.15) is 155 Å². The van der Waals surface area contributed by atoms with E-state index < -0.39 is 0 Å². The van der Waals surface area contributed by atoms with E-state index in [1.807, 2.05) is 0 Å². The lowest BCUT2D eigenvalue weighted by Crippen LogP contribution is -2.47. The highest BCUT2D eigenvalue weighted by molar-refractivity contribution is 5.70. The Morgan fingerprint density at radius 3 is 2.13 bits per heavy atom. The van der Waals surface area contributed by atoms with E-state index >= 15 is 0 Å². The zero-order valence-electron chi connectivity index (χ0n) is 25.0. The van der Waals surface area contributed by atoms with E-state index in [2.05, 4.69) is 38.0 Å². The molecule has 0 N–H and O–H groups in total. The van der Waals surface area contributed by atoms with Crippen LogP contribution in [0.15, 0.2) is 12.2 Å². The van der Waals surface area contributed by atoms with Gasteiger partial charge in [0.25, 0.3) is 0 Å². The number of allylic oxidation sites excluding steroid dienone is 2. The molecule has 214 valence electrons. The van der Waals surface area contributed by atoms with E-state index in [1.165, 1.54) is 122 Å². The van der Waals surface area contributed by atoms with Gasteiger partial charge in [0, 0.05) is 12.3 Å². The van der Waals surface area contributed by atoms with Gasteiger partial charge in [-0.25, -0.2) is 0 Å². The zero-order chi connectivity index (χ0) is 26.6. The Bertz CT molecular complexity index is 802. The molecule has 1 unspecified atom stereocenters. The third-order valence-electron chi connectivity index (χ3n) is 11.4. The summed E-state index contributed by atoms with van der Waals surface area (Å²) in [6.07, 6.45) is 36.3. The summed E-state index contributed by atoms with van der Waals surface area (Å²) in [5.74, 6) is 8.32.